The second-order valence-corrected chi connectivity index (χ2v) is 5.34. The van der Waals surface area contributed by atoms with Crippen LogP contribution in [0.1, 0.15) is 36.6 Å². The molecule has 0 aliphatic rings. The van der Waals surface area contributed by atoms with E-state index in [2.05, 4.69) is 31.3 Å². The molecule has 0 saturated carbocycles. The lowest BCUT2D eigenvalue weighted by molar-refractivity contribution is 0.593. The fourth-order valence-electron chi connectivity index (χ4n) is 2.47. The van der Waals surface area contributed by atoms with Crippen LogP contribution in [0, 0.1) is 19.7 Å². The summed E-state index contributed by atoms with van der Waals surface area (Å²) in [5, 5.41) is 3.36. The van der Waals surface area contributed by atoms with Crippen molar-refractivity contribution in [3.63, 3.8) is 0 Å². The van der Waals surface area contributed by atoms with E-state index in [4.69, 9.17) is 0 Å². The Morgan fingerprint density at radius 3 is 2.50 bits per heavy atom. The zero-order valence-corrected chi connectivity index (χ0v) is 12.6. The normalized spacial score (nSPS) is 12.4. The molecule has 0 aromatic heterocycles. The van der Waals surface area contributed by atoms with Crippen molar-refractivity contribution in [1.82, 2.24) is 5.32 Å². The van der Waals surface area contributed by atoms with Crippen LogP contribution >= 0.6 is 0 Å². The number of aryl methyl sites for hydroxylation is 2. The van der Waals surface area contributed by atoms with E-state index in [1.807, 2.05) is 32.0 Å². The van der Waals surface area contributed by atoms with Crippen molar-refractivity contribution in [3.8, 4) is 11.1 Å². The summed E-state index contributed by atoms with van der Waals surface area (Å²) in [6.07, 6.45) is 0. The van der Waals surface area contributed by atoms with Gasteiger partial charge in [-0.15, -0.1) is 0 Å². The molecule has 1 nitrogen and oxygen atoms in total. The van der Waals surface area contributed by atoms with Gasteiger partial charge in [0.15, 0.2) is 0 Å². The summed E-state index contributed by atoms with van der Waals surface area (Å²) in [4.78, 5) is 0. The fourth-order valence-corrected chi connectivity index (χ4v) is 2.47. The van der Waals surface area contributed by atoms with E-state index in [1.54, 1.807) is 6.07 Å². The number of benzene rings is 2. The van der Waals surface area contributed by atoms with Gasteiger partial charge in [-0.2, -0.15) is 0 Å². The molecule has 0 aliphatic heterocycles. The molecule has 0 fully saturated rings. The first-order valence-corrected chi connectivity index (χ1v) is 7.13. The van der Waals surface area contributed by atoms with Gasteiger partial charge in [0.2, 0.25) is 0 Å². The van der Waals surface area contributed by atoms with Crippen LogP contribution < -0.4 is 5.32 Å². The minimum Gasteiger partial charge on any atom is -0.310 e. The Bertz CT molecular complexity index is 604. The first kappa shape index (κ1) is 14.7. The van der Waals surface area contributed by atoms with Crippen LogP contribution in [0.4, 0.5) is 4.39 Å². The zero-order valence-electron chi connectivity index (χ0n) is 12.6. The summed E-state index contributed by atoms with van der Waals surface area (Å²) in [5.74, 6) is -0.161. The van der Waals surface area contributed by atoms with Gasteiger partial charge in [0.1, 0.15) is 5.82 Å². The first-order valence-electron chi connectivity index (χ1n) is 7.13. The van der Waals surface area contributed by atoms with Gasteiger partial charge in [0, 0.05) is 11.6 Å². The van der Waals surface area contributed by atoms with Gasteiger partial charge < -0.3 is 5.32 Å². The van der Waals surface area contributed by atoms with Crippen molar-refractivity contribution in [1.29, 1.82) is 0 Å². The summed E-state index contributed by atoms with van der Waals surface area (Å²) in [6, 6.07) is 11.8. The summed E-state index contributed by atoms with van der Waals surface area (Å²) in [5.41, 5.74) is 5.03. The summed E-state index contributed by atoms with van der Waals surface area (Å²) in [6.45, 7) is 9.13. The molecule has 2 aromatic carbocycles. The molecule has 0 aliphatic carbocycles. The average Bonchev–Trinajstić information content (AvgIpc) is 2.42. The monoisotopic (exact) mass is 271 g/mol. The van der Waals surface area contributed by atoms with Crippen molar-refractivity contribution in [2.45, 2.75) is 33.7 Å². The highest BCUT2D eigenvalue weighted by Crippen LogP contribution is 2.29. The Kier molecular flexibility index (Phi) is 4.56. The maximum Gasteiger partial charge on any atom is 0.131 e. The van der Waals surface area contributed by atoms with E-state index in [-0.39, 0.29) is 11.9 Å². The van der Waals surface area contributed by atoms with Crippen LogP contribution in [-0.4, -0.2) is 6.54 Å². The van der Waals surface area contributed by atoms with Crippen LogP contribution in [0.3, 0.4) is 0 Å². The molecule has 0 amide bonds. The van der Waals surface area contributed by atoms with E-state index >= 15 is 0 Å². The number of halogens is 1. The summed E-state index contributed by atoms with van der Waals surface area (Å²) < 4.78 is 14.2. The minimum atomic E-state index is -0.161. The van der Waals surface area contributed by atoms with E-state index in [1.165, 1.54) is 0 Å². The molecule has 1 unspecified atom stereocenters. The number of hydrogen-bond acceptors (Lipinski definition) is 1. The lowest BCUT2D eigenvalue weighted by atomic mass is 9.95. The molecule has 2 aromatic rings. The van der Waals surface area contributed by atoms with Crippen molar-refractivity contribution in [2.75, 3.05) is 6.54 Å². The van der Waals surface area contributed by atoms with Crippen molar-refractivity contribution >= 4 is 0 Å². The van der Waals surface area contributed by atoms with Crippen LogP contribution in [0.2, 0.25) is 0 Å². The standard InChI is InChI=1S/C18H22FN/c1-5-20-14(4)15-8-9-18(19)17(11-15)16-10-12(2)6-7-13(16)3/h6-11,14,20H,5H2,1-4H3. The maximum absolute atomic E-state index is 14.2. The Hall–Kier alpha value is -1.67. The van der Waals surface area contributed by atoms with Gasteiger partial charge in [-0.25, -0.2) is 4.39 Å². The topological polar surface area (TPSA) is 12.0 Å². The third kappa shape index (κ3) is 3.07. The number of hydrogen-bond donors (Lipinski definition) is 1. The van der Waals surface area contributed by atoms with Crippen molar-refractivity contribution < 1.29 is 4.39 Å². The molecule has 1 N–H and O–H groups in total. The summed E-state index contributed by atoms with van der Waals surface area (Å²) >= 11 is 0. The van der Waals surface area contributed by atoms with E-state index in [0.717, 1.165) is 28.8 Å². The Morgan fingerprint density at radius 1 is 1.05 bits per heavy atom. The second-order valence-electron chi connectivity index (χ2n) is 5.34. The van der Waals surface area contributed by atoms with Crippen molar-refractivity contribution in [3.05, 3.63) is 58.9 Å². The molecular formula is C18H22FN. The Balaban J connectivity index is 2.50. The molecular weight excluding hydrogens is 249 g/mol. The van der Waals surface area contributed by atoms with Crippen LogP contribution in [0.25, 0.3) is 11.1 Å². The van der Waals surface area contributed by atoms with E-state index in [9.17, 15) is 4.39 Å². The third-order valence-corrected chi connectivity index (χ3v) is 3.68. The molecule has 0 radical (unpaired) electrons. The molecule has 1 atom stereocenters. The number of rotatable bonds is 4. The highest BCUT2D eigenvalue weighted by molar-refractivity contribution is 5.69. The van der Waals surface area contributed by atoms with Gasteiger partial charge >= 0.3 is 0 Å². The van der Waals surface area contributed by atoms with Crippen LogP contribution in [0.15, 0.2) is 36.4 Å². The lowest BCUT2D eigenvalue weighted by Crippen LogP contribution is -2.17. The van der Waals surface area contributed by atoms with E-state index < -0.39 is 0 Å². The van der Waals surface area contributed by atoms with Gasteiger partial charge in [-0.05, 0) is 56.1 Å². The SMILES string of the molecule is CCNC(C)c1ccc(F)c(-c2cc(C)ccc2C)c1. The highest BCUT2D eigenvalue weighted by Gasteiger charge is 2.12. The molecule has 20 heavy (non-hydrogen) atoms. The largest absolute Gasteiger partial charge is 0.310 e. The predicted octanol–water partition coefficient (Wildman–Crippen LogP) is 4.78. The second kappa shape index (κ2) is 6.19. The minimum absolute atomic E-state index is 0.161. The lowest BCUT2D eigenvalue weighted by Gasteiger charge is -2.15. The van der Waals surface area contributed by atoms with Gasteiger partial charge in [0.25, 0.3) is 0 Å². The van der Waals surface area contributed by atoms with Crippen molar-refractivity contribution in [2.24, 2.45) is 0 Å². The quantitative estimate of drug-likeness (QED) is 0.843. The highest BCUT2D eigenvalue weighted by atomic mass is 19.1. The molecule has 2 rings (SSSR count). The smallest absolute Gasteiger partial charge is 0.131 e. The zero-order chi connectivity index (χ0) is 14.7. The molecule has 0 spiro atoms. The molecule has 2 heteroatoms. The van der Waals surface area contributed by atoms with E-state index in [0.29, 0.717) is 5.56 Å². The average molecular weight is 271 g/mol. The first-order chi connectivity index (χ1) is 9.52. The van der Waals surface area contributed by atoms with Gasteiger partial charge in [-0.1, -0.05) is 36.8 Å². The molecule has 0 bridgehead atoms. The maximum atomic E-state index is 14.2. The predicted molar refractivity (Wildman–Crippen MR) is 83.4 cm³/mol. The van der Waals surface area contributed by atoms with Crippen LogP contribution in [-0.2, 0) is 0 Å². The Morgan fingerprint density at radius 2 is 1.80 bits per heavy atom. The fraction of sp³-hybridized carbons (Fsp3) is 0.333. The van der Waals surface area contributed by atoms with Crippen LogP contribution in [0.5, 0.6) is 0 Å². The number of nitrogens with one attached hydrogen (secondary N) is 1. The molecule has 0 saturated heterocycles. The summed E-state index contributed by atoms with van der Waals surface area (Å²) in [7, 11) is 0. The molecule has 106 valence electrons. The van der Waals surface area contributed by atoms with Gasteiger partial charge in [0.05, 0.1) is 0 Å². The Labute approximate surface area is 120 Å². The third-order valence-electron chi connectivity index (χ3n) is 3.68. The molecule has 0 heterocycles. The van der Waals surface area contributed by atoms with Gasteiger partial charge in [-0.3, -0.25) is 0 Å².